The number of ether oxygens (including phenoxy) is 1. The molecule has 0 fully saturated rings. The zero-order valence-electron chi connectivity index (χ0n) is 18.4. The standard InChI is InChI=1S/C22H19F4N7OS/c1-13-28-12-33(29-13)19-8-6-15(11-20(19)34-2)30-35-31-21-17(4-3-9-32(21)27)16-7-5-14(23)10-18(16)22(24,25)26/h3-12,30H,27H2,1-2H3. The summed E-state index contributed by atoms with van der Waals surface area (Å²) in [6.45, 7) is 1.77. The molecular weight excluding hydrogens is 486 g/mol. The van der Waals surface area contributed by atoms with Gasteiger partial charge < -0.3 is 15.3 Å². The number of halogens is 4. The number of nitrogens with two attached hydrogens (primary N) is 1. The molecule has 2 heterocycles. The first-order valence-electron chi connectivity index (χ1n) is 10.0. The molecule has 0 aliphatic heterocycles. The molecule has 0 atom stereocenters. The molecule has 0 aliphatic rings. The number of nitrogens with one attached hydrogen (secondary N) is 1. The quantitative estimate of drug-likeness (QED) is 0.228. The highest BCUT2D eigenvalue weighted by Crippen LogP contribution is 2.36. The Bertz CT molecular complexity index is 1430. The van der Waals surface area contributed by atoms with E-state index in [0.717, 1.165) is 28.9 Å². The molecule has 0 unspecified atom stereocenters. The molecule has 2 aromatic carbocycles. The summed E-state index contributed by atoms with van der Waals surface area (Å²) < 4.78 is 69.7. The van der Waals surface area contributed by atoms with Crippen molar-refractivity contribution >= 4 is 17.8 Å². The minimum Gasteiger partial charge on any atom is -0.494 e. The van der Waals surface area contributed by atoms with Crippen LogP contribution in [0.5, 0.6) is 5.75 Å². The van der Waals surface area contributed by atoms with Crippen LogP contribution in [0.1, 0.15) is 11.4 Å². The van der Waals surface area contributed by atoms with E-state index in [0.29, 0.717) is 29.0 Å². The average Bonchev–Trinajstić information content (AvgIpc) is 3.25. The van der Waals surface area contributed by atoms with Gasteiger partial charge in [-0.2, -0.15) is 22.7 Å². The fraction of sp³-hybridized carbons (Fsp3) is 0.136. The maximum atomic E-state index is 13.6. The number of pyridine rings is 1. The first kappa shape index (κ1) is 24.1. The van der Waals surface area contributed by atoms with Crippen LogP contribution in [0.2, 0.25) is 0 Å². The van der Waals surface area contributed by atoms with Crippen molar-refractivity contribution in [2.45, 2.75) is 13.1 Å². The maximum absolute atomic E-state index is 13.6. The Kier molecular flexibility index (Phi) is 6.69. The first-order chi connectivity index (χ1) is 16.7. The van der Waals surface area contributed by atoms with Gasteiger partial charge in [0.15, 0.2) is 5.49 Å². The molecule has 2 aromatic heterocycles. The molecule has 0 saturated carbocycles. The highest BCUT2D eigenvalue weighted by Gasteiger charge is 2.34. The second-order valence-electron chi connectivity index (χ2n) is 7.25. The third kappa shape index (κ3) is 5.24. The van der Waals surface area contributed by atoms with Crippen LogP contribution >= 0.6 is 12.1 Å². The van der Waals surface area contributed by atoms with Gasteiger partial charge in [-0.05, 0) is 48.9 Å². The third-order valence-electron chi connectivity index (χ3n) is 4.90. The molecule has 3 N–H and O–H groups in total. The van der Waals surface area contributed by atoms with Crippen molar-refractivity contribution < 1.29 is 22.3 Å². The van der Waals surface area contributed by atoms with Crippen LogP contribution in [-0.4, -0.2) is 26.6 Å². The summed E-state index contributed by atoms with van der Waals surface area (Å²) >= 11 is 0.852. The number of nitrogens with zero attached hydrogens (tertiary/aromatic N) is 5. The van der Waals surface area contributed by atoms with Crippen molar-refractivity contribution in [1.82, 2.24) is 19.4 Å². The molecule has 35 heavy (non-hydrogen) atoms. The third-order valence-corrected chi connectivity index (χ3v) is 5.49. The van der Waals surface area contributed by atoms with Gasteiger partial charge in [0.1, 0.15) is 29.4 Å². The van der Waals surface area contributed by atoms with E-state index in [1.54, 1.807) is 36.1 Å². The van der Waals surface area contributed by atoms with Gasteiger partial charge >= 0.3 is 6.18 Å². The van der Waals surface area contributed by atoms with Gasteiger partial charge in [-0.25, -0.2) is 14.1 Å². The molecule has 0 spiro atoms. The van der Waals surface area contributed by atoms with E-state index in [9.17, 15) is 17.6 Å². The molecule has 0 radical (unpaired) electrons. The Hall–Kier alpha value is -4.00. The van der Waals surface area contributed by atoms with Gasteiger partial charge in [-0.1, -0.05) is 6.07 Å². The van der Waals surface area contributed by atoms with Crippen LogP contribution in [0.3, 0.4) is 0 Å². The van der Waals surface area contributed by atoms with Gasteiger partial charge in [0.2, 0.25) is 0 Å². The highest BCUT2D eigenvalue weighted by molar-refractivity contribution is 7.99. The van der Waals surface area contributed by atoms with E-state index in [-0.39, 0.29) is 16.6 Å². The second-order valence-corrected chi connectivity index (χ2v) is 7.82. The van der Waals surface area contributed by atoms with Gasteiger partial charge in [-0.15, -0.1) is 0 Å². The number of benzene rings is 2. The zero-order valence-corrected chi connectivity index (χ0v) is 19.2. The number of alkyl halides is 3. The molecule has 0 amide bonds. The van der Waals surface area contributed by atoms with Crippen molar-refractivity contribution in [3.63, 3.8) is 0 Å². The number of anilines is 1. The lowest BCUT2D eigenvalue weighted by Crippen LogP contribution is -2.29. The van der Waals surface area contributed by atoms with Crippen molar-refractivity contribution in [1.29, 1.82) is 0 Å². The van der Waals surface area contributed by atoms with Crippen LogP contribution in [0.4, 0.5) is 23.2 Å². The summed E-state index contributed by atoms with van der Waals surface area (Å²) in [5.74, 6) is 6.07. The highest BCUT2D eigenvalue weighted by atomic mass is 32.2. The minimum atomic E-state index is -4.77. The lowest BCUT2D eigenvalue weighted by molar-refractivity contribution is -0.137. The molecule has 4 rings (SSSR count). The zero-order chi connectivity index (χ0) is 25.2. The Morgan fingerprint density at radius 3 is 2.60 bits per heavy atom. The molecule has 0 aliphatic carbocycles. The number of rotatable bonds is 6. The van der Waals surface area contributed by atoms with Crippen molar-refractivity contribution in [3.05, 3.63) is 83.7 Å². The fourth-order valence-electron chi connectivity index (χ4n) is 3.32. The summed E-state index contributed by atoms with van der Waals surface area (Å²) in [7, 11) is 1.51. The lowest BCUT2D eigenvalue weighted by atomic mass is 10.00. The molecular formula is C22H19F4N7OS. The summed E-state index contributed by atoms with van der Waals surface area (Å²) in [6.07, 6.45) is -1.76. The van der Waals surface area contributed by atoms with E-state index in [4.69, 9.17) is 10.6 Å². The number of aryl methyl sites for hydroxylation is 1. The van der Waals surface area contributed by atoms with E-state index in [1.165, 1.54) is 25.4 Å². The van der Waals surface area contributed by atoms with Crippen LogP contribution in [0, 0.1) is 12.7 Å². The molecule has 4 aromatic rings. The Morgan fingerprint density at radius 1 is 1.11 bits per heavy atom. The molecule has 0 saturated heterocycles. The Balaban J connectivity index is 1.66. The fourth-order valence-corrected chi connectivity index (χ4v) is 3.88. The topological polar surface area (TPSA) is 95.3 Å². The van der Waals surface area contributed by atoms with E-state index in [2.05, 4.69) is 19.2 Å². The van der Waals surface area contributed by atoms with Crippen molar-refractivity contribution in [2.24, 2.45) is 4.40 Å². The SMILES string of the molecule is COc1cc(NSN=c2c(-c3ccc(F)cc3C(F)(F)F)cccn2N)ccc1-n1cnc(C)n1. The normalized spacial score (nSPS) is 12.1. The monoisotopic (exact) mass is 505 g/mol. The number of hydrogen-bond donors (Lipinski definition) is 2. The van der Waals surface area contributed by atoms with Crippen molar-refractivity contribution in [2.75, 3.05) is 17.7 Å². The van der Waals surface area contributed by atoms with Crippen molar-refractivity contribution in [3.8, 4) is 22.6 Å². The molecule has 0 bridgehead atoms. The summed E-state index contributed by atoms with van der Waals surface area (Å²) in [4.78, 5) is 4.10. The van der Waals surface area contributed by atoms with Crippen LogP contribution < -0.4 is 20.8 Å². The predicted octanol–water partition coefficient (Wildman–Crippen LogP) is 4.50. The number of hydrogen-bond acceptors (Lipinski definition) is 7. The number of methoxy groups -OCH3 is 1. The van der Waals surface area contributed by atoms with Gasteiger partial charge in [0.05, 0.1) is 24.8 Å². The van der Waals surface area contributed by atoms with E-state index < -0.39 is 17.6 Å². The molecule has 182 valence electrons. The Morgan fingerprint density at radius 2 is 1.91 bits per heavy atom. The molecule has 13 heteroatoms. The lowest BCUT2D eigenvalue weighted by Gasteiger charge is -2.14. The second kappa shape index (κ2) is 9.70. The van der Waals surface area contributed by atoms with Crippen LogP contribution in [0.25, 0.3) is 16.8 Å². The van der Waals surface area contributed by atoms with E-state index >= 15 is 0 Å². The minimum absolute atomic E-state index is 0.0452. The predicted molar refractivity (Wildman–Crippen MR) is 124 cm³/mol. The number of nitrogen functional groups attached to an aromatic ring is 1. The first-order valence-corrected chi connectivity index (χ1v) is 10.8. The van der Waals surface area contributed by atoms with E-state index in [1.807, 2.05) is 0 Å². The Labute approximate surface area is 201 Å². The summed E-state index contributed by atoms with van der Waals surface area (Å²) in [5.41, 5.74) is 0.0422. The van der Waals surface area contributed by atoms with Gasteiger partial charge in [0.25, 0.3) is 0 Å². The largest absolute Gasteiger partial charge is 0.494 e. The maximum Gasteiger partial charge on any atom is 0.417 e. The summed E-state index contributed by atoms with van der Waals surface area (Å²) in [6, 6.07) is 10.6. The van der Waals surface area contributed by atoms with Crippen LogP contribution in [-0.2, 0) is 6.18 Å². The molecule has 8 nitrogen and oxygen atoms in total. The smallest absolute Gasteiger partial charge is 0.417 e. The summed E-state index contributed by atoms with van der Waals surface area (Å²) in [5, 5.41) is 4.26. The number of aromatic nitrogens is 4. The van der Waals surface area contributed by atoms with Gasteiger partial charge in [-0.3, -0.25) is 4.68 Å². The average molecular weight is 506 g/mol. The van der Waals surface area contributed by atoms with Gasteiger partial charge in [0, 0.05) is 23.5 Å². The van der Waals surface area contributed by atoms with Crippen LogP contribution in [0.15, 0.2) is 65.5 Å².